The maximum absolute atomic E-state index is 12.3. The molecule has 0 heterocycles. The summed E-state index contributed by atoms with van der Waals surface area (Å²) in [5, 5.41) is 10.3. The number of rotatable bonds is 1. The zero-order chi connectivity index (χ0) is 8.48. The normalized spacial score (nSPS) is 29.8. The van der Waals surface area contributed by atoms with Crippen molar-refractivity contribution >= 4 is 11.6 Å². The highest BCUT2D eigenvalue weighted by molar-refractivity contribution is 6.24. The third kappa shape index (κ3) is 1.57. The predicted octanol–water partition coefficient (Wildman–Crippen LogP) is 2.01. The first-order valence-corrected chi connectivity index (χ1v) is 3.31. The summed E-state index contributed by atoms with van der Waals surface area (Å²) in [6, 6.07) is 0. The van der Waals surface area contributed by atoms with E-state index in [1.54, 1.807) is 0 Å². The summed E-state index contributed by atoms with van der Waals surface area (Å²) in [4.78, 5) is 7.97. The minimum atomic E-state index is -1.64. The molecule has 0 aromatic carbocycles. The van der Waals surface area contributed by atoms with Crippen molar-refractivity contribution in [1.82, 2.24) is 0 Å². The highest BCUT2D eigenvalue weighted by Crippen LogP contribution is 2.28. The van der Waals surface area contributed by atoms with Gasteiger partial charge in [0.25, 0.3) is 0 Å². The molecule has 3 nitrogen and oxygen atoms in total. The molecule has 1 rings (SSSR count). The van der Waals surface area contributed by atoms with Crippen LogP contribution in [0.4, 0.5) is 4.39 Å². The number of nitro groups is 1. The molecule has 60 valence electrons. The summed E-state index contributed by atoms with van der Waals surface area (Å²) in [5.74, 6) is -0.483. The fourth-order valence-corrected chi connectivity index (χ4v) is 0.860. The Bertz CT molecular complexity index is 251. The van der Waals surface area contributed by atoms with Gasteiger partial charge >= 0.3 is 5.00 Å². The van der Waals surface area contributed by atoms with E-state index in [4.69, 9.17) is 11.6 Å². The monoisotopic (exact) mass is 177 g/mol. The van der Waals surface area contributed by atoms with E-state index in [0.29, 0.717) is 0 Å². The van der Waals surface area contributed by atoms with Gasteiger partial charge in [0.15, 0.2) is 0 Å². The molecule has 11 heavy (non-hydrogen) atoms. The van der Waals surface area contributed by atoms with Crippen molar-refractivity contribution in [1.29, 1.82) is 0 Å². The van der Waals surface area contributed by atoms with Crippen LogP contribution in [0.25, 0.3) is 0 Å². The van der Waals surface area contributed by atoms with Crippen molar-refractivity contribution in [2.24, 2.45) is 0 Å². The average molecular weight is 178 g/mol. The molecule has 1 aliphatic rings. The Kier molecular flexibility index (Phi) is 1.95. The van der Waals surface area contributed by atoms with E-state index in [2.05, 4.69) is 0 Å². The molecule has 1 atom stereocenters. The standard InChI is InChI=1S/C6H5ClFNO2/c7-6(9(10)11)3-1-5(8)2-4-6/h1-3H,4H2. The summed E-state index contributed by atoms with van der Waals surface area (Å²) in [7, 11) is 0. The molecule has 0 bridgehead atoms. The summed E-state index contributed by atoms with van der Waals surface area (Å²) >= 11 is 5.48. The molecule has 1 aliphatic carbocycles. The van der Waals surface area contributed by atoms with Crippen molar-refractivity contribution < 1.29 is 9.31 Å². The van der Waals surface area contributed by atoms with Gasteiger partial charge in [-0.1, -0.05) is 0 Å². The number of allylic oxidation sites excluding steroid dienone is 2. The second-order valence-electron chi connectivity index (χ2n) is 2.20. The molecule has 0 amide bonds. The SMILES string of the molecule is O=[N+]([O-])C1(Cl)C=CC(F)=CC1. The van der Waals surface area contributed by atoms with Crippen molar-refractivity contribution in [3.63, 3.8) is 0 Å². The van der Waals surface area contributed by atoms with Crippen LogP contribution in [-0.2, 0) is 0 Å². The molecule has 0 aliphatic heterocycles. The van der Waals surface area contributed by atoms with Crippen LogP contribution < -0.4 is 0 Å². The van der Waals surface area contributed by atoms with Gasteiger partial charge in [0.2, 0.25) is 0 Å². The third-order valence-electron chi connectivity index (χ3n) is 1.38. The Morgan fingerprint density at radius 3 is 2.82 bits per heavy atom. The van der Waals surface area contributed by atoms with Crippen LogP contribution >= 0.6 is 11.6 Å². The Morgan fingerprint density at radius 2 is 2.45 bits per heavy atom. The minimum Gasteiger partial charge on any atom is -0.262 e. The van der Waals surface area contributed by atoms with E-state index in [9.17, 15) is 14.5 Å². The molecule has 0 N–H and O–H groups in total. The second kappa shape index (κ2) is 2.62. The first-order chi connectivity index (χ1) is 5.04. The zero-order valence-corrected chi connectivity index (χ0v) is 6.21. The Labute approximate surface area is 67.3 Å². The van der Waals surface area contributed by atoms with Crippen LogP contribution in [0.15, 0.2) is 24.1 Å². The van der Waals surface area contributed by atoms with Gasteiger partial charge in [-0.15, -0.1) is 0 Å². The summed E-state index contributed by atoms with van der Waals surface area (Å²) < 4.78 is 12.3. The highest BCUT2D eigenvalue weighted by Gasteiger charge is 2.37. The van der Waals surface area contributed by atoms with E-state index in [0.717, 1.165) is 18.2 Å². The third-order valence-corrected chi connectivity index (χ3v) is 1.80. The van der Waals surface area contributed by atoms with E-state index in [-0.39, 0.29) is 6.42 Å². The molecule has 0 fully saturated rings. The van der Waals surface area contributed by atoms with E-state index in [1.807, 2.05) is 0 Å². The lowest BCUT2D eigenvalue weighted by Crippen LogP contribution is -2.29. The van der Waals surface area contributed by atoms with E-state index in [1.165, 1.54) is 0 Å². The highest BCUT2D eigenvalue weighted by atomic mass is 35.5. The maximum atomic E-state index is 12.3. The van der Waals surface area contributed by atoms with Gasteiger partial charge in [0.05, 0.1) is 6.42 Å². The molecule has 0 saturated heterocycles. The van der Waals surface area contributed by atoms with Crippen molar-refractivity contribution in [2.75, 3.05) is 0 Å². The predicted molar refractivity (Wildman–Crippen MR) is 38.5 cm³/mol. The van der Waals surface area contributed by atoms with Gasteiger partial charge < -0.3 is 0 Å². The van der Waals surface area contributed by atoms with Gasteiger partial charge in [-0.3, -0.25) is 10.1 Å². The zero-order valence-electron chi connectivity index (χ0n) is 5.46. The minimum absolute atomic E-state index is 0.107. The molecular weight excluding hydrogens is 173 g/mol. The fraction of sp³-hybridized carbons (Fsp3) is 0.333. The summed E-state index contributed by atoms with van der Waals surface area (Å²) in [6.45, 7) is 0. The molecule has 5 heteroatoms. The lowest BCUT2D eigenvalue weighted by molar-refractivity contribution is -0.527. The molecular formula is C6H5ClFNO2. The quantitative estimate of drug-likeness (QED) is 0.266. The first kappa shape index (κ1) is 8.20. The van der Waals surface area contributed by atoms with Crippen LogP contribution in [0.3, 0.4) is 0 Å². The topological polar surface area (TPSA) is 43.1 Å². The molecule has 0 aromatic heterocycles. The number of halogens is 2. The van der Waals surface area contributed by atoms with Crippen LogP contribution in [-0.4, -0.2) is 9.92 Å². The Morgan fingerprint density at radius 1 is 1.82 bits per heavy atom. The lowest BCUT2D eigenvalue weighted by atomic mass is 10.1. The summed E-state index contributed by atoms with van der Waals surface area (Å²) in [5.41, 5.74) is 0. The molecule has 1 unspecified atom stereocenters. The van der Waals surface area contributed by atoms with Crippen LogP contribution in [0.1, 0.15) is 6.42 Å². The van der Waals surface area contributed by atoms with E-state index < -0.39 is 15.7 Å². The number of nitrogens with zero attached hydrogens (tertiary/aromatic N) is 1. The van der Waals surface area contributed by atoms with Crippen molar-refractivity contribution in [3.8, 4) is 0 Å². The smallest absolute Gasteiger partial charge is 0.262 e. The first-order valence-electron chi connectivity index (χ1n) is 2.93. The van der Waals surface area contributed by atoms with Gasteiger partial charge in [-0.05, 0) is 23.8 Å². The Balaban J connectivity index is 2.82. The van der Waals surface area contributed by atoms with Crippen LogP contribution in [0, 0.1) is 10.1 Å². The average Bonchev–Trinajstić information content (AvgIpc) is 1.95. The molecule has 0 spiro atoms. The van der Waals surface area contributed by atoms with Crippen LogP contribution in [0.5, 0.6) is 0 Å². The van der Waals surface area contributed by atoms with Crippen LogP contribution in [0.2, 0.25) is 0 Å². The molecule has 0 saturated carbocycles. The van der Waals surface area contributed by atoms with Crippen molar-refractivity contribution in [2.45, 2.75) is 11.4 Å². The van der Waals surface area contributed by atoms with Gasteiger partial charge in [-0.2, -0.15) is 0 Å². The van der Waals surface area contributed by atoms with Gasteiger partial charge in [-0.25, -0.2) is 4.39 Å². The fourth-order valence-electron chi connectivity index (χ4n) is 0.719. The summed E-state index contributed by atoms with van der Waals surface area (Å²) in [6.07, 6.45) is 3.03. The largest absolute Gasteiger partial charge is 0.317 e. The van der Waals surface area contributed by atoms with Gasteiger partial charge in [0.1, 0.15) is 5.83 Å². The number of alkyl halides is 1. The molecule has 0 radical (unpaired) electrons. The maximum Gasteiger partial charge on any atom is 0.317 e. The molecule has 0 aromatic rings. The lowest BCUT2D eigenvalue weighted by Gasteiger charge is -2.14. The number of hydrogen-bond acceptors (Lipinski definition) is 2. The van der Waals surface area contributed by atoms with Crippen molar-refractivity contribution in [3.05, 3.63) is 34.2 Å². The van der Waals surface area contributed by atoms with Gasteiger partial charge in [0, 0.05) is 11.0 Å². The second-order valence-corrected chi connectivity index (χ2v) is 2.86. The Hall–Kier alpha value is -0.900. The van der Waals surface area contributed by atoms with E-state index >= 15 is 0 Å². The number of hydrogen-bond donors (Lipinski definition) is 0.